The number of hydrogen-bond acceptors (Lipinski definition) is 3. The van der Waals surface area contributed by atoms with Crippen LogP contribution in [-0.4, -0.2) is 4.98 Å². The summed E-state index contributed by atoms with van der Waals surface area (Å²) in [5.41, 5.74) is 6.07. The lowest BCUT2D eigenvalue weighted by Gasteiger charge is -2.26. The molecule has 26 heavy (non-hydrogen) atoms. The fraction of sp³-hybridized carbons (Fsp3) is 0.478. The average Bonchev–Trinajstić information content (AvgIpc) is 2.50. The van der Waals surface area contributed by atoms with Gasteiger partial charge in [0.1, 0.15) is 18.2 Å². The molecule has 0 N–H and O–H groups in total. The summed E-state index contributed by atoms with van der Waals surface area (Å²) in [6.07, 6.45) is 0. The molecule has 1 aromatic heterocycles. The fourth-order valence-electron chi connectivity index (χ4n) is 2.84. The first-order chi connectivity index (χ1) is 11.9. The highest BCUT2D eigenvalue weighted by molar-refractivity contribution is 5.45. The number of nitriles is 1. The maximum absolute atomic E-state index is 9.42. The molecule has 2 rings (SSSR count). The number of rotatable bonds is 3. The Kier molecular flexibility index (Phi) is 5.47. The van der Waals surface area contributed by atoms with Crippen LogP contribution in [0.5, 0.6) is 5.88 Å². The fourth-order valence-corrected chi connectivity index (χ4v) is 2.84. The van der Waals surface area contributed by atoms with Crippen LogP contribution >= 0.6 is 0 Å². The third kappa shape index (κ3) is 4.64. The highest BCUT2D eigenvalue weighted by atomic mass is 16.5. The quantitative estimate of drug-likeness (QED) is 0.708. The summed E-state index contributed by atoms with van der Waals surface area (Å²) in [6, 6.07) is 10.8. The van der Waals surface area contributed by atoms with Crippen molar-refractivity contribution in [3.63, 3.8) is 0 Å². The third-order valence-corrected chi connectivity index (χ3v) is 4.52. The van der Waals surface area contributed by atoms with Crippen LogP contribution in [-0.2, 0) is 17.4 Å². The molecule has 1 aromatic carbocycles. The summed E-state index contributed by atoms with van der Waals surface area (Å²) in [7, 11) is 0. The van der Waals surface area contributed by atoms with Crippen LogP contribution in [0.1, 0.15) is 75.1 Å². The molecule has 0 unspecified atom stereocenters. The lowest BCUT2D eigenvalue weighted by atomic mass is 9.79. The van der Waals surface area contributed by atoms with Gasteiger partial charge in [-0.25, -0.2) is 4.98 Å². The van der Waals surface area contributed by atoms with Crippen LogP contribution in [0.4, 0.5) is 0 Å². The molecule has 0 spiro atoms. The Balaban J connectivity index is 2.40. The lowest BCUT2D eigenvalue weighted by molar-refractivity contribution is 0.291. The van der Waals surface area contributed by atoms with Crippen LogP contribution in [0.3, 0.4) is 0 Å². The van der Waals surface area contributed by atoms with Crippen molar-refractivity contribution in [1.29, 1.82) is 5.26 Å². The normalized spacial score (nSPS) is 12.0. The van der Waals surface area contributed by atoms with Crippen molar-refractivity contribution in [1.82, 2.24) is 4.98 Å². The number of hydrogen-bond donors (Lipinski definition) is 0. The highest BCUT2D eigenvalue weighted by Crippen LogP contribution is 2.31. The first-order valence-corrected chi connectivity index (χ1v) is 9.08. The Morgan fingerprint density at radius 1 is 0.923 bits per heavy atom. The Morgan fingerprint density at radius 3 is 1.92 bits per heavy atom. The highest BCUT2D eigenvalue weighted by Gasteiger charge is 2.21. The third-order valence-electron chi connectivity index (χ3n) is 4.52. The second-order valence-corrected chi connectivity index (χ2v) is 9.08. The van der Waals surface area contributed by atoms with Gasteiger partial charge < -0.3 is 4.74 Å². The van der Waals surface area contributed by atoms with Gasteiger partial charge in [-0.15, -0.1) is 0 Å². The maximum atomic E-state index is 9.42. The Bertz CT molecular complexity index is 814. The topological polar surface area (TPSA) is 45.9 Å². The van der Waals surface area contributed by atoms with E-state index in [1.54, 1.807) is 0 Å². The van der Waals surface area contributed by atoms with E-state index >= 15 is 0 Å². The molecule has 0 aliphatic carbocycles. The van der Waals surface area contributed by atoms with Crippen molar-refractivity contribution in [3.05, 3.63) is 57.8 Å². The molecule has 0 aliphatic rings. The molecule has 0 radical (unpaired) electrons. The monoisotopic (exact) mass is 350 g/mol. The molecule has 138 valence electrons. The second-order valence-electron chi connectivity index (χ2n) is 9.08. The summed E-state index contributed by atoms with van der Waals surface area (Å²) < 4.78 is 5.98. The van der Waals surface area contributed by atoms with E-state index in [0.717, 1.165) is 16.8 Å². The average molecular weight is 351 g/mol. The number of aryl methyl sites for hydroxylation is 2. The van der Waals surface area contributed by atoms with E-state index in [2.05, 4.69) is 70.8 Å². The summed E-state index contributed by atoms with van der Waals surface area (Å²) in [5, 5.41) is 9.42. The van der Waals surface area contributed by atoms with E-state index in [9.17, 15) is 5.26 Å². The van der Waals surface area contributed by atoms with Crippen molar-refractivity contribution >= 4 is 0 Å². The molecule has 0 saturated carbocycles. The lowest BCUT2D eigenvalue weighted by Crippen LogP contribution is -2.17. The molecule has 0 aliphatic heterocycles. The molecular formula is C23H30N2O. The number of benzene rings is 1. The van der Waals surface area contributed by atoms with Gasteiger partial charge in [0.25, 0.3) is 0 Å². The smallest absolute Gasteiger partial charge is 0.232 e. The van der Waals surface area contributed by atoms with Crippen LogP contribution in [0.15, 0.2) is 24.3 Å². The molecular weight excluding hydrogens is 320 g/mol. The summed E-state index contributed by atoms with van der Waals surface area (Å²) in [4.78, 5) is 4.42. The van der Waals surface area contributed by atoms with Gasteiger partial charge in [-0.3, -0.25) is 0 Å². The van der Waals surface area contributed by atoms with Gasteiger partial charge in [0.2, 0.25) is 5.88 Å². The van der Waals surface area contributed by atoms with Gasteiger partial charge >= 0.3 is 0 Å². The van der Waals surface area contributed by atoms with Crippen molar-refractivity contribution in [2.75, 3.05) is 0 Å². The first kappa shape index (κ1) is 20.0. The van der Waals surface area contributed by atoms with Crippen LogP contribution < -0.4 is 4.74 Å². The second kappa shape index (κ2) is 7.11. The number of pyridine rings is 1. The Labute approximate surface area is 158 Å². The summed E-state index contributed by atoms with van der Waals surface area (Å²) in [6.45, 7) is 17.6. The van der Waals surface area contributed by atoms with Crippen LogP contribution in [0.25, 0.3) is 0 Å². The van der Waals surface area contributed by atoms with E-state index in [1.165, 1.54) is 11.1 Å². The van der Waals surface area contributed by atoms with Crippen molar-refractivity contribution in [2.24, 2.45) is 0 Å². The van der Waals surface area contributed by atoms with Crippen molar-refractivity contribution in [2.45, 2.75) is 72.8 Å². The van der Waals surface area contributed by atoms with Crippen molar-refractivity contribution in [3.8, 4) is 11.9 Å². The van der Waals surface area contributed by atoms with Gasteiger partial charge in [-0.1, -0.05) is 59.7 Å². The van der Waals surface area contributed by atoms with Crippen LogP contribution in [0.2, 0.25) is 0 Å². The number of nitrogens with zero attached hydrogens (tertiary/aromatic N) is 2. The maximum Gasteiger partial charge on any atom is 0.232 e. The van der Waals surface area contributed by atoms with Crippen LogP contribution in [0, 0.1) is 25.2 Å². The molecule has 0 saturated heterocycles. The van der Waals surface area contributed by atoms with E-state index in [1.807, 2.05) is 19.9 Å². The van der Waals surface area contributed by atoms with E-state index in [0.29, 0.717) is 18.1 Å². The Hall–Kier alpha value is -2.34. The summed E-state index contributed by atoms with van der Waals surface area (Å²) >= 11 is 0. The molecule has 0 atom stereocenters. The summed E-state index contributed by atoms with van der Waals surface area (Å²) in [5.74, 6) is 0.420. The number of ether oxygens (including phenoxy) is 1. The van der Waals surface area contributed by atoms with Gasteiger partial charge in [0, 0.05) is 5.69 Å². The van der Waals surface area contributed by atoms with Gasteiger partial charge in [0.15, 0.2) is 0 Å². The SMILES string of the molecule is Cc1cc(C)c(C#N)c(OCc2cc(C(C)(C)C)cc(C(C)(C)C)c2)n1. The van der Waals surface area contributed by atoms with Gasteiger partial charge in [0.05, 0.1) is 0 Å². The minimum atomic E-state index is 0.0615. The zero-order valence-corrected chi connectivity index (χ0v) is 17.3. The molecule has 0 fully saturated rings. The number of aromatic nitrogens is 1. The zero-order chi connectivity index (χ0) is 19.7. The molecule has 0 bridgehead atoms. The van der Waals surface area contributed by atoms with Gasteiger partial charge in [-0.2, -0.15) is 5.26 Å². The van der Waals surface area contributed by atoms with E-state index in [4.69, 9.17) is 4.74 Å². The largest absolute Gasteiger partial charge is 0.472 e. The predicted molar refractivity (Wildman–Crippen MR) is 107 cm³/mol. The minimum absolute atomic E-state index is 0.0615. The van der Waals surface area contributed by atoms with E-state index < -0.39 is 0 Å². The van der Waals surface area contributed by atoms with Gasteiger partial charge in [-0.05, 0) is 53.0 Å². The zero-order valence-electron chi connectivity index (χ0n) is 17.3. The molecule has 2 aromatic rings. The Morgan fingerprint density at radius 2 is 1.46 bits per heavy atom. The molecule has 3 nitrogen and oxygen atoms in total. The molecule has 0 amide bonds. The van der Waals surface area contributed by atoms with E-state index in [-0.39, 0.29) is 10.8 Å². The van der Waals surface area contributed by atoms with Crippen molar-refractivity contribution < 1.29 is 4.74 Å². The molecule has 1 heterocycles. The minimum Gasteiger partial charge on any atom is -0.472 e. The standard InChI is InChI=1S/C23H30N2O/c1-15-9-16(2)25-21(20(15)13-24)26-14-17-10-18(22(3,4)5)12-19(11-17)23(6,7)8/h9-12H,14H2,1-8H3. The predicted octanol–water partition coefficient (Wildman–Crippen LogP) is 5.74. The first-order valence-electron chi connectivity index (χ1n) is 9.08. The molecule has 3 heteroatoms.